The molecule has 3 fully saturated rings. The van der Waals surface area contributed by atoms with Crippen LogP contribution in [0.25, 0.3) is 0 Å². The minimum absolute atomic E-state index is 0.0660. The zero-order valence-electron chi connectivity index (χ0n) is 16.7. The Hall–Kier alpha value is -0.380. The van der Waals surface area contributed by atoms with Crippen LogP contribution in [0.5, 0.6) is 0 Å². The van der Waals surface area contributed by atoms with Crippen LogP contribution in [0, 0.1) is 23.7 Å². The summed E-state index contributed by atoms with van der Waals surface area (Å²) in [6, 6.07) is 0. The van der Waals surface area contributed by atoms with Gasteiger partial charge in [-0.3, -0.25) is 10.2 Å². The molecule has 1 saturated carbocycles. The van der Waals surface area contributed by atoms with Gasteiger partial charge in [-0.15, -0.1) is 11.6 Å². The van der Waals surface area contributed by atoms with Gasteiger partial charge in [0.05, 0.1) is 18.2 Å². The summed E-state index contributed by atoms with van der Waals surface area (Å²) in [5.41, 5.74) is 7.29. The van der Waals surface area contributed by atoms with Crippen molar-refractivity contribution in [2.75, 3.05) is 39.3 Å². The highest BCUT2D eigenvalue weighted by Crippen LogP contribution is 2.43. The van der Waals surface area contributed by atoms with Gasteiger partial charge >= 0.3 is 6.18 Å². The van der Waals surface area contributed by atoms with Crippen LogP contribution in [0.2, 0.25) is 0 Å². The molecular weight excluding hydrogens is 403 g/mol. The van der Waals surface area contributed by atoms with E-state index in [4.69, 9.17) is 17.3 Å². The predicted octanol–water partition coefficient (Wildman–Crippen LogP) is 1.84. The number of nitrogens with two attached hydrogens (primary N) is 1. The standard InChI is InChI=1S/C20H33ClF3N5/c21-17-2-1-13(7-16(17)20(22,23)24)18-27-10-15(14-3-5-26-9-14)19(28-18)29-6-4-12(8-25)11-29/h3,12-13,15-19,26-28H,1-2,4-11,25H2/t12-,13?,15?,16?,17?,18?,19?/m0/s1. The molecule has 9 heteroatoms. The van der Waals surface area contributed by atoms with E-state index < -0.39 is 17.5 Å². The highest BCUT2D eigenvalue weighted by atomic mass is 35.5. The van der Waals surface area contributed by atoms with E-state index in [2.05, 4.69) is 26.9 Å². The minimum atomic E-state index is -4.23. The van der Waals surface area contributed by atoms with Crippen molar-refractivity contribution in [3.8, 4) is 0 Å². The van der Waals surface area contributed by atoms with Crippen molar-refractivity contribution < 1.29 is 13.2 Å². The third-order valence-corrected chi connectivity index (χ3v) is 7.87. The first kappa shape index (κ1) is 21.8. The van der Waals surface area contributed by atoms with Gasteiger partial charge in [0.2, 0.25) is 0 Å². The van der Waals surface area contributed by atoms with Gasteiger partial charge in [-0.25, -0.2) is 0 Å². The number of hydrogen-bond donors (Lipinski definition) is 4. The molecule has 5 nitrogen and oxygen atoms in total. The van der Waals surface area contributed by atoms with Gasteiger partial charge in [-0.1, -0.05) is 11.6 Å². The lowest BCUT2D eigenvalue weighted by molar-refractivity contribution is -0.185. The molecular formula is C20H33ClF3N5. The van der Waals surface area contributed by atoms with Crippen molar-refractivity contribution in [3.63, 3.8) is 0 Å². The van der Waals surface area contributed by atoms with E-state index in [9.17, 15) is 13.2 Å². The van der Waals surface area contributed by atoms with Gasteiger partial charge in [0.1, 0.15) is 0 Å². The molecule has 0 aromatic rings. The molecule has 3 heterocycles. The molecule has 0 radical (unpaired) electrons. The maximum Gasteiger partial charge on any atom is 0.393 e. The van der Waals surface area contributed by atoms with E-state index in [0.29, 0.717) is 24.8 Å². The van der Waals surface area contributed by atoms with E-state index in [0.717, 1.165) is 45.6 Å². The Labute approximate surface area is 176 Å². The van der Waals surface area contributed by atoms with E-state index in [1.54, 1.807) is 0 Å². The van der Waals surface area contributed by atoms with E-state index in [1.807, 2.05) is 0 Å². The van der Waals surface area contributed by atoms with E-state index in [1.165, 1.54) is 5.57 Å². The quantitative estimate of drug-likeness (QED) is 0.401. The highest BCUT2D eigenvalue weighted by Gasteiger charge is 2.49. The fourth-order valence-corrected chi connectivity index (χ4v) is 5.98. The molecule has 4 rings (SSSR count). The Balaban J connectivity index is 1.47. The molecule has 7 atom stereocenters. The zero-order valence-corrected chi connectivity index (χ0v) is 17.5. The normalized spacial score (nSPS) is 42.2. The largest absolute Gasteiger partial charge is 0.393 e. The maximum atomic E-state index is 13.4. The Bertz CT molecular complexity index is 601. The van der Waals surface area contributed by atoms with Crippen LogP contribution in [-0.4, -0.2) is 68.1 Å². The molecule has 0 aromatic heterocycles. The van der Waals surface area contributed by atoms with Crippen molar-refractivity contribution in [1.82, 2.24) is 20.9 Å². The number of nitrogens with one attached hydrogen (secondary N) is 3. The van der Waals surface area contributed by atoms with Crippen molar-refractivity contribution in [2.45, 2.75) is 49.6 Å². The third-order valence-electron chi connectivity index (χ3n) is 7.35. The fraction of sp³-hybridized carbons (Fsp3) is 0.900. The second-order valence-electron chi connectivity index (χ2n) is 9.14. The van der Waals surface area contributed by atoms with E-state index in [-0.39, 0.29) is 24.7 Å². The van der Waals surface area contributed by atoms with Crippen molar-refractivity contribution in [3.05, 3.63) is 11.6 Å². The molecule has 0 amide bonds. The molecule has 5 N–H and O–H groups in total. The first-order chi connectivity index (χ1) is 13.9. The molecule has 0 aromatic carbocycles. The van der Waals surface area contributed by atoms with Gasteiger partial charge < -0.3 is 16.4 Å². The van der Waals surface area contributed by atoms with Crippen LogP contribution in [-0.2, 0) is 0 Å². The van der Waals surface area contributed by atoms with Crippen LogP contribution < -0.4 is 21.7 Å². The topological polar surface area (TPSA) is 65.3 Å². The number of hydrogen-bond acceptors (Lipinski definition) is 5. The maximum absolute atomic E-state index is 13.4. The van der Waals surface area contributed by atoms with Gasteiger partial charge in [-0.05, 0) is 44.1 Å². The molecule has 4 aliphatic rings. The summed E-state index contributed by atoms with van der Waals surface area (Å²) >= 11 is 6.05. The highest BCUT2D eigenvalue weighted by molar-refractivity contribution is 6.20. The van der Waals surface area contributed by atoms with Crippen LogP contribution in [0.4, 0.5) is 13.2 Å². The monoisotopic (exact) mass is 435 g/mol. The van der Waals surface area contributed by atoms with Gasteiger partial charge in [0.15, 0.2) is 0 Å². The molecule has 3 aliphatic heterocycles. The number of alkyl halides is 4. The fourth-order valence-electron chi connectivity index (χ4n) is 5.61. The zero-order chi connectivity index (χ0) is 20.6. The number of nitrogens with zero attached hydrogens (tertiary/aromatic N) is 1. The summed E-state index contributed by atoms with van der Waals surface area (Å²) in [7, 11) is 0. The van der Waals surface area contributed by atoms with Crippen LogP contribution in [0.3, 0.4) is 0 Å². The summed E-state index contributed by atoms with van der Waals surface area (Å²) in [6.45, 7) is 5.20. The molecule has 2 saturated heterocycles. The molecule has 29 heavy (non-hydrogen) atoms. The Morgan fingerprint density at radius 2 is 2.07 bits per heavy atom. The molecule has 0 bridgehead atoms. The van der Waals surface area contributed by atoms with Crippen molar-refractivity contribution in [2.24, 2.45) is 29.4 Å². The Kier molecular flexibility index (Phi) is 6.78. The first-order valence-electron chi connectivity index (χ1n) is 10.9. The second kappa shape index (κ2) is 9.01. The summed E-state index contributed by atoms with van der Waals surface area (Å²) in [5, 5.41) is 9.83. The van der Waals surface area contributed by atoms with Crippen molar-refractivity contribution >= 4 is 11.6 Å². The van der Waals surface area contributed by atoms with Crippen molar-refractivity contribution in [1.29, 1.82) is 0 Å². The van der Waals surface area contributed by atoms with Crippen LogP contribution >= 0.6 is 11.6 Å². The number of likely N-dealkylation sites (tertiary alicyclic amines) is 1. The SMILES string of the molecule is NC[C@@H]1CCN(C2NC(C3CCC(Cl)C(C(F)(F)F)C3)NCC2C2=CCNC2)C1. The van der Waals surface area contributed by atoms with Crippen LogP contribution in [0.15, 0.2) is 11.6 Å². The summed E-state index contributed by atoms with van der Waals surface area (Å²) < 4.78 is 40.3. The van der Waals surface area contributed by atoms with Gasteiger partial charge in [0, 0.05) is 44.0 Å². The smallest absolute Gasteiger partial charge is 0.330 e. The van der Waals surface area contributed by atoms with Gasteiger partial charge in [0.25, 0.3) is 0 Å². The first-order valence-corrected chi connectivity index (χ1v) is 11.3. The lowest BCUT2D eigenvalue weighted by Crippen LogP contribution is -2.66. The molecule has 6 unspecified atom stereocenters. The molecule has 1 aliphatic carbocycles. The number of rotatable bonds is 4. The average molecular weight is 436 g/mol. The average Bonchev–Trinajstić information content (AvgIpc) is 3.39. The lowest BCUT2D eigenvalue weighted by Gasteiger charge is -2.47. The lowest BCUT2D eigenvalue weighted by atomic mass is 9.78. The molecule has 166 valence electrons. The third kappa shape index (κ3) is 4.77. The van der Waals surface area contributed by atoms with Crippen LogP contribution in [0.1, 0.15) is 25.7 Å². The van der Waals surface area contributed by atoms with Gasteiger partial charge in [-0.2, -0.15) is 13.2 Å². The summed E-state index contributed by atoms with van der Waals surface area (Å²) in [4.78, 5) is 2.46. The molecule has 0 spiro atoms. The Morgan fingerprint density at radius 1 is 1.24 bits per heavy atom. The summed E-state index contributed by atoms with van der Waals surface area (Å²) in [6.07, 6.45) is 0.372. The predicted molar refractivity (Wildman–Crippen MR) is 108 cm³/mol. The summed E-state index contributed by atoms with van der Waals surface area (Å²) in [5.74, 6) is -0.662. The number of halogens is 4. The second-order valence-corrected chi connectivity index (χ2v) is 9.70. The Morgan fingerprint density at radius 3 is 2.72 bits per heavy atom. The van der Waals surface area contributed by atoms with E-state index >= 15 is 0 Å². The minimum Gasteiger partial charge on any atom is -0.330 e.